The molecule has 3 N–H and O–H groups in total. The predicted octanol–water partition coefficient (Wildman–Crippen LogP) is 3.62. The van der Waals surface area contributed by atoms with Gasteiger partial charge in [-0.2, -0.15) is 0 Å². The van der Waals surface area contributed by atoms with Gasteiger partial charge in [-0.3, -0.25) is 4.79 Å². The number of hydrogen-bond donors (Lipinski definition) is 2. The van der Waals surface area contributed by atoms with Gasteiger partial charge < -0.3 is 11.1 Å². The number of halogens is 2. The largest absolute Gasteiger partial charge is 0.398 e. The Kier molecular flexibility index (Phi) is 3.71. The molecule has 2 rings (SSSR count). The van der Waals surface area contributed by atoms with Gasteiger partial charge in [0.2, 0.25) is 0 Å². The minimum absolute atomic E-state index is 0.0340. The summed E-state index contributed by atoms with van der Waals surface area (Å²) < 4.78 is 13.5. The molecule has 5 heteroatoms. The van der Waals surface area contributed by atoms with Gasteiger partial charge in [0.1, 0.15) is 5.82 Å². The number of anilines is 2. The number of para-hydroxylation sites is 1. The zero-order valence-corrected chi connectivity index (χ0v) is 11.0. The van der Waals surface area contributed by atoms with Crippen LogP contribution in [0.2, 0.25) is 5.02 Å². The fourth-order valence-electron chi connectivity index (χ4n) is 1.58. The smallest absolute Gasteiger partial charge is 0.255 e. The molecule has 0 aliphatic rings. The van der Waals surface area contributed by atoms with Gasteiger partial charge in [0.25, 0.3) is 5.91 Å². The van der Waals surface area contributed by atoms with Crippen molar-refractivity contribution in [2.24, 2.45) is 0 Å². The number of benzene rings is 2. The minimum atomic E-state index is -0.582. The normalized spacial score (nSPS) is 10.3. The van der Waals surface area contributed by atoms with Crippen LogP contribution < -0.4 is 11.1 Å². The summed E-state index contributed by atoms with van der Waals surface area (Å²) in [5.74, 6) is -1.04. The van der Waals surface area contributed by atoms with Crippen LogP contribution >= 0.6 is 11.6 Å². The second-order valence-electron chi connectivity index (χ2n) is 4.12. The predicted molar refractivity (Wildman–Crippen MR) is 75.0 cm³/mol. The van der Waals surface area contributed by atoms with E-state index in [1.165, 1.54) is 18.2 Å². The molecule has 0 saturated heterocycles. The maximum absolute atomic E-state index is 13.5. The van der Waals surface area contributed by atoms with Crippen LogP contribution in [0, 0.1) is 12.7 Å². The molecular weight excluding hydrogens is 267 g/mol. The number of amides is 1. The first-order valence-corrected chi connectivity index (χ1v) is 5.98. The van der Waals surface area contributed by atoms with Crippen molar-refractivity contribution in [2.45, 2.75) is 6.92 Å². The summed E-state index contributed by atoms with van der Waals surface area (Å²) in [6.07, 6.45) is 0. The average molecular weight is 279 g/mol. The van der Waals surface area contributed by atoms with E-state index < -0.39 is 11.7 Å². The Morgan fingerprint density at radius 1 is 1.32 bits per heavy atom. The van der Waals surface area contributed by atoms with Crippen LogP contribution in [0.1, 0.15) is 15.9 Å². The Bertz CT molecular complexity index is 623. The van der Waals surface area contributed by atoms with E-state index >= 15 is 0 Å². The van der Waals surface area contributed by atoms with Crippen LogP contribution in [-0.4, -0.2) is 5.91 Å². The molecule has 0 atom stereocenters. The number of nitrogen functional groups attached to an aromatic ring is 1. The Morgan fingerprint density at radius 3 is 2.68 bits per heavy atom. The van der Waals surface area contributed by atoms with Crippen molar-refractivity contribution in [1.29, 1.82) is 0 Å². The summed E-state index contributed by atoms with van der Waals surface area (Å²) in [7, 11) is 0. The molecule has 0 saturated carbocycles. The lowest BCUT2D eigenvalue weighted by molar-refractivity contribution is 0.102. The Balaban J connectivity index is 2.28. The molecule has 0 aliphatic heterocycles. The summed E-state index contributed by atoms with van der Waals surface area (Å²) >= 11 is 5.84. The van der Waals surface area contributed by atoms with Crippen molar-refractivity contribution in [2.75, 3.05) is 11.1 Å². The second-order valence-corrected chi connectivity index (χ2v) is 4.53. The third-order valence-corrected chi connectivity index (χ3v) is 3.06. The third-order valence-electron chi connectivity index (χ3n) is 2.74. The highest BCUT2D eigenvalue weighted by Gasteiger charge is 2.12. The molecule has 0 aromatic heterocycles. The summed E-state index contributed by atoms with van der Waals surface area (Å²) in [6, 6.07) is 9.09. The number of rotatable bonds is 2. The second kappa shape index (κ2) is 5.28. The Hall–Kier alpha value is -2.07. The van der Waals surface area contributed by atoms with Gasteiger partial charge in [-0.15, -0.1) is 0 Å². The van der Waals surface area contributed by atoms with Crippen LogP contribution in [0.5, 0.6) is 0 Å². The minimum Gasteiger partial charge on any atom is -0.398 e. The highest BCUT2D eigenvalue weighted by molar-refractivity contribution is 6.34. The highest BCUT2D eigenvalue weighted by Crippen LogP contribution is 2.25. The number of carbonyl (C=O) groups is 1. The molecule has 0 bridgehead atoms. The lowest BCUT2D eigenvalue weighted by Crippen LogP contribution is -2.13. The van der Waals surface area contributed by atoms with E-state index in [0.717, 1.165) is 5.56 Å². The quantitative estimate of drug-likeness (QED) is 0.824. The molecule has 2 aromatic rings. The molecule has 0 radical (unpaired) electrons. The molecule has 0 heterocycles. The summed E-state index contributed by atoms with van der Waals surface area (Å²) in [5, 5.41) is 2.59. The highest BCUT2D eigenvalue weighted by atomic mass is 35.5. The van der Waals surface area contributed by atoms with Crippen molar-refractivity contribution in [3.05, 3.63) is 58.4 Å². The van der Waals surface area contributed by atoms with Gasteiger partial charge in [-0.1, -0.05) is 23.7 Å². The van der Waals surface area contributed by atoms with Crippen molar-refractivity contribution in [1.82, 2.24) is 0 Å². The zero-order chi connectivity index (χ0) is 14.0. The first-order valence-electron chi connectivity index (χ1n) is 5.60. The SMILES string of the molecule is Cc1ccc(C(=O)Nc2c(F)cccc2Cl)cc1N. The molecular formula is C14H12ClFN2O. The number of nitrogens with two attached hydrogens (primary N) is 1. The average Bonchev–Trinajstić information content (AvgIpc) is 2.37. The molecule has 98 valence electrons. The number of carbonyl (C=O) groups excluding carboxylic acids is 1. The van der Waals surface area contributed by atoms with E-state index in [1.54, 1.807) is 18.2 Å². The Morgan fingerprint density at radius 2 is 2.05 bits per heavy atom. The first-order chi connectivity index (χ1) is 8.99. The van der Waals surface area contributed by atoms with Crippen molar-refractivity contribution >= 4 is 28.9 Å². The molecule has 0 unspecified atom stereocenters. The lowest BCUT2D eigenvalue weighted by Gasteiger charge is -2.09. The van der Waals surface area contributed by atoms with E-state index in [4.69, 9.17) is 17.3 Å². The van der Waals surface area contributed by atoms with Gasteiger partial charge in [0, 0.05) is 11.3 Å². The van der Waals surface area contributed by atoms with Gasteiger partial charge in [0.15, 0.2) is 0 Å². The van der Waals surface area contributed by atoms with Crippen LogP contribution in [0.25, 0.3) is 0 Å². The molecule has 0 spiro atoms. The van der Waals surface area contributed by atoms with E-state index in [1.807, 2.05) is 6.92 Å². The van der Waals surface area contributed by atoms with Crippen molar-refractivity contribution in [3.63, 3.8) is 0 Å². The standard InChI is InChI=1S/C14H12ClFN2O/c1-8-5-6-9(7-12(8)17)14(19)18-13-10(15)3-2-4-11(13)16/h2-7H,17H2,1H3,(H,18,19). The third kappa shape index (κ3) is 2.85. The van der Waals surface area contributed by atoms with Crippen LogP contribution in [0.4, 0.5) is 15.8 Å². The summed E-state index contributed by atoms with van der Waals surface area (Å²) in [4.78, 5) is 12.0. The maximum Gasteiger partial charge on any atom is 0.255 e. The monoisotopic (exact) mass is 278 g/mol. The van der Waals surface area contributed by atoms with Gasteiger partial charge >= 0.3 is 0 Å². The lowest BCUT2D eigenvalue weighted by atomic mass is 10.1. The van der Waals surface area contributed by atoms with Crippen molar-refractivity contribution in [3.8, 4) is 0 Å². The van der Waals surface area contributed by atoms with Crippen LogP contribution in [0.3, 0.4) is 0 Å². The fourth-order valence-corrected chi connectivity index (χ4v) is 1.79. The first kappa shape index (κ1) is 13.4. The number of nitrogens with one attached hydrogen (secondary N) is 1. The van der Waals surface area contributed by atoms with E-state index in [2.05, 4.69) is 5.32 Å². The molecule has 0 fully saturated rings. The van der Waals surface area contributed by atoms with E-state index in [-0.39, 0.29) is 10.7 Å². The molecule has 3 nitrogen and oxygen atoms in total. The topological polar surface area (TPSA) is 55.1 Å². The molecule has 2 aromatic carbocycles. The van der Waals surface area contributed by atoms with Gasteiger partial charge in [-0.25, -0.2) is 4.39 Å². The van der Waals surface area contributed by atoms with Crippen molar-refractivity contribution < 1.29 is 9.18 Å². The van der Waals surface area contributed by atoms with E-state index in [9.17, 15) is 9.18 Å². The fraction of sp³-hybridized carbons (Fsp3) is 0.0714. The molecule has 1 amide bonds. The molecule has 19 heavy (non-hydrogen) atoms. The summed E-state index contributed by atoms with van der Waals surface area (Å²) in [5.41, 5.74) is 7.43. The van der Waals surface area contributed by atoms with Crippen LogP contribution in [-0.2, 0) is 0 Å². The summed E-state index contributed by atoms with van der Waals surface area (Å²) in [6.45, 7) is 1.84. The van der Waals surface area contributed by atoms with E-state index in [0.29, 0.717) is 11.3 Å². The maximum atomic E-state index is 13.5. The zero-order valence-electron chi connectivity index (χ0n) is 10.2. The molecule has 0 aliphatic carbocycles. The number of aryl methyl sites for hydroxylation is 1. The van der Waals surface area contributed by atoms with Gasteiger partial charge in [-0.05, 0) is 36.8 Å². The van der Waals surface area contributed by atoms with Gasteiger partial charge in [0.05, 0.1) is 10.7 Å². The Labute approximate surface area is 115 Å². The number of hydrogen-bond acceptors (Lipinski definition) is 2. The van der Waals surface area contributed by atoms with Crippen LogP contribution in [0.15, 0.2) is 36.4 Å².